The number of nitrogens with zero attached hydrogens (tertiary/aromatic N) is 1. The molecule has 1 amide bonds. The minimum Gasteiger partial charge on any atom is -0.493 e. The molecule has 0 radical (unpaired) electrons. The van der Waals surface area contributed by atoms with E-state index in [-0.39, 0.29) is 11.9 Å². The highest BCUT2D eigenvalue weighted by molar-refractivity contribution is 9.10. The number of hydrogen-bond acceptors (Lipinski definition) is 6. The number of carbonyl (C=O) groups is 2. The zero-order valence-corrected chi connectivity index (χ0v) is 19.5. The third-order valence-electron chi connectivity index (χ3n) is 4.17. The number of rotatable bonds is 8. The molecule has 0 fully saturated rings. The largest absolute Gasteiger partial charge is 0.493 e. The lowest BCUT2D eigenvalue weighted by molar-refractivity contribution is -0.134. The average molecular weight is 501 g/mol. The summed E-state index contributed by atoms with van der Waals surface area (Å²) in [6.07, 6.45) is 4.11. The smallest absolute Gasteiger partial charge is 0.311 e. The maximum Gasteiger partial charge on any atom is 0.311 e. The van der Waals surface area contributed by atoms with Crippen molar-refractivity contribution in [1.29, 1.82) is 0 Å². The summed E-state index contributed by atoms with van der Waals surface area (Å²) in [5.41, 5.74) is 2.51. The molecule has 6 nitrogen and oxygen atoms in total. The van der Waals surface area contributed by atoms with Crippen LogP contribution >= 0.6 is 27.3 Å². The first-order chi connectivity index (χ1) is 15.0. The number of ether oxygens (including phenoxy) is 2. The van der Waals surface area contributed by atoms with Gasteiger partial charge in [0.2, 0.25) is 5.91 Å². The second-order valence-corrected chi connectivity index (χ2v) is 8.28. The average Bonchev–Trinajstić information content (AvgIpc) is 3.22. The molecule has 3 rings (SSSR count). The maximum atomic E-state index is 12.3. The zero-order valence-electron chi connectivity index (χ0n) is 17.1. The van der Waals surface area contributed by atoms with Gasteiger partial charge in [-0.3, -0.25) is 14.9 Å². The van der Waals surface area contributed by atoms with Crippen LogP contribution in [0, 0.1) is 0 Å². The molecule has 0 aliphatic rings. The van der Waals surface area contributed by atoms with Crippen LogP contribution in [0.15, 0.2) is 58.4 Å². The highest BCUT2D eigenvalue weighted by Crippen LogP contribution is 2.29. The summed E-state index contributed by atoms with van der Waals surface area (Å²) in [7, 11) is 1.50. The molecular weight excluding hydrogens is 480 g/mol. The molecule has 0 bridgehead atoms. The van der Waals surface area contributed by atoms with Crippen molar-refractivity contribution in [3.8, 4) is 22.8 Å². The molecule has 3 aromatic rings. The predicted molar refractivity (Wildman–Crippen MR) is 126 cm³/mol. The zero-order chi connectivity index (χ0) is 22.2. The Balaban J connectivity index is 1.63. The molecular formula is C23H21BrN2O4S. The van der Waals surface area contributed by atoms with Crippen LogP contribution in [-0.4, -0.2) is 24.0 Å². The molecule has 8 heteroatoms. The van der Waals surface area contributed by atoms with Crippen molar-refractivity contribution in [2.24, 2.45) is 0 Å². The Morgan fingerprint density at radius 3 is 2.65 bits per heavy atom. The van der Waals surface area contributed by atoms with Crippen LogP contribution < -0.4 is 14.8 Å². The normalized spacial score (nSPS) is 10.8. The molecule has 0 aliphatic heterocycles. The van der Waals surface area contributed by atoms with Crippen LogP contribution in [0.2, 0.25) is 0 Å². The minimum atomic E-state index is -0.311. The fourth-order valence-corrected chi connectivity index (χ4v) is 3.64. The van der Waals surface area contributed by atoms with Gasteiger partial charge in [-0.1, -0.05) is 41.1 Å². The number of aromatic nitrogens is 1. The molecule has 1 heterocycles. The number of thiazole rings is 1. The van der Waals surface area contributed by atoms with Gasteiger partial charge in [-0.15, -0.1) is 11.3 Å². The Bertz CT molecular complexity index is 1090. The molecule has 0 saturated carbocycles. The molecule has 1 aromatic heterocycles. The van der Waals surface area contributed by atoms with Crippen LogP contribution in [0.4, 0.5) is 5.13 Å². The topological polar surface area (TPSA) is 77.5 Å². The quantitative estimate of drug-likeness (QED) is 0.235. The summed E-state index contributed by atoms with van der Waals surface area (Å²) >= 11 is 4.77. The Kier molecular flexibility index (Phi) is 7.97. The Morgan fingerprint density at radius 2 is 1.94 bits per heavy atom. The Labute approximate surface area is 193 Å². The van der Waals surface area contributed by atoms with E-state index in [4.69, 9.17) is 9.47 Å². The van der Waals surface area contributed by atoms with Gasteiger partial charge in [-0.2, -0.15) is 0 Å². The van der Waals surface area contributed by atoms with Crippen LogP contribution in [0.3, 0.4) is 0 Å². The van der Waals surface area contributed by atoms with Gasteiger partial charge in [0.1, 0.15) is 0 Å². The van der Waals surface area contributed by atoms with E-state index < -0.39 is 0 Å². The lowest BCUT2D eigenvalue weighted by Gasteiger charge is -2.09. The predicted octanol–water partition coefficient (Wildman–Crippen LogP) is 5.94. The molecule has 0 atom stereocenters. The van der Waals surface area contributed by atoms with Crippen LogP contribution in [0.25, 0.3) is 17.3 Å². The minimum absolute atomic E-state index is 0.297. The molecule has 0 spiro atoms. The molecule has 1 N–H and O–H groups in total. The first-order valence-electron chi connectivity index (χ1n) is 9.57. The molecule has 0 saturated heterocycles. The SMILES string of the molecule is CCCC(=O)Oc1ccc(/C=C/C(=O)Nc2nc(-c3ccc(Br)cc3)cs2)cc1OC. The first-order valence-corrected chi connectivity index (χ1v) is 11.2. The second-order valence-electron chi connectivity index (χ2n) is 6.50. The maximum absolute atomic E-state index is 12.3. The van der Waals surface area contributed by atoms with Gasteiger partial charge in [-0.05, 0) is 42.3 Å². The van der Waals surface area contributed by atoms with Crippen molar-refractivity contribution in [2.45, 2.75) is 19.8 Å². The van der Waals surface area contributed by atoms with E-state index >= 15 is 0 Å². The molecule has 160 valence electrons. The lowest BCUT2D eigenvalue weighted by atomic mass is 10.2. The van der Waals surface area contributed by atoms with E-state index in [0.717, 1.165) is 21.3 Å². The Morgan fingerprint density at radius 1 is 1.16 bits per heavy atom. The van der Waals surface area contributed by atoms with Gasteiger partial charge >= 0.3 is 5.97 Å². The lowest BCUT2D eigenvalue weighted by Crippen LogP contribution is -2.08. The summed E-state index contributed by atoms with van der Waals surface area (Å²) in [6, 6.07) is 12.9. The van der Waals surface area contributed by atoms with Gasteiger partial charge in [-0.25, -0.2) is 4.98 Å². The van der Waals surface area contributed by atoms with E-state index in [1.54, 1.807) is 24.3 Å². The highest BCUT2D eigenvalue weighted by atomic mass is 79.9. The van der Waals surface area contributed by atoms with E-state index in [1.165, 1.54) is 24.5 Å². The summed E-state index contributed by atoms with van der Waals surface area (Å²) in [4.78, 5) is 28.4. The van der Waals surface area contributed by atoms with Gasteiger partial charge in [0.25, 0.3) is 0 Å². The number of amides is 1. The molecule has 0 aliphatic carbocycles. The monoisotopic (exact) mass is 500 g/mol. The van der Waals surface area contributed by atoms with Crippen LogP contribution in [0.1, 0.15) is 25.3 Å². The summed E-state index contributed by atoms with van der Waals surface area (Å²) in [5, 5.41) is 5.18. The van der Waals surface area contributed by atoms with Gasteiger partial charge in [0.15, 0.2) is 16.6 Å². The number of halogens is 1. The number of nitrogens with one attached hydrogen (secondary N) is 1. The fourth-order valence-electron chi connectivity index (χ4n) is 2.65. The number of benzene rings is 2. The third kappa shape index (κ3) is 6.50. The van der Waals surface area contributed by atoms with Crippen molar-refractivity contribution < 1.29 is 19.1 Å². The molecule has 0 unspecified atom stereocenters. The van der Waals surface area contributed by atoms with E-state index in [9.17, 15) is 9.59 Å². The number of esters is 1. The third-order valence-corrected chi connectivity index (χ3v) is 5.45. The van der Waals surface area contributed by atoms with Crippen LogP contribution in [0.5, 0.6) is 11.5 Å². The number of carbonyl (C=O) groups excluding carboxylic acids is 2. The van der Waals surface area contributed by atoms with E-state index in [2.05, 4.69) is 26.2 Å². The number of anilines is 1. The van der Waals surface area contributed by atoms with E-state index in [0.29, 0.717) is 29.5 Å². The summed E-state index contributed by atoms with van der Waals surface area (Å²) < 4.78 is 11.6. The van der Waals surface area contributed by atoms with Crippen molar-refractivity contribution in [3.05, 3.63) is 64.0 Å². The van der Waals surface area contributed by atoms with Gasteiger partial charge < -0.3 is 9.47 Å². The first kappa shape index (κ1) is 22.7. The number of methoxy groups -OCH3 is 1. The van der Waals surface area contributed by atoms with Crippen molar-refractivity contribution in [1.82, 2.24) is 4.98 Å². The highest BCUT2D eigenvalue weighted by Gasteiger charge is 2.10. The van der Waals surface area contributed by atoms with E-state index in [1.807, 2.05) is 36.6 Å². The van der Waals surface area contributed by atoms with Crippen molar-refractivity contribution >= 4 is 50.4 Å². The summed E-state index contributed by atoms with van der Waals surface area (Å²) in [6.45, 7) is 1.91. The van der Waals surface area contributed by atoms with Gasteiger partial charge in [0, 0.05) is 27.9 Å². The van der Waals surface area contributed by atoms with Crippen molar-refractivity contribution in [2.75, 3.05) is 12.4 Å². The fraction of sp³-hybridized carbons (Fsp3) is 0.174. The Hall–Kier alpha value is -2.97. The second kappa shape index (κ2) is 10.9. The molecule has 2 aromatic carbocycles. The van der Waals surface area contributed by atoms with Gasteiger partial charge in [0.05, 0.1) is 12.8 Å². The summed E-state index contributed by atoms with van der Waals surface area (Å²) in [5.74, 6) is 0.167. The van der Waals surface area contributed by atoms with Crippen molar-refractivity contribution in [3.63, 3.8) is 0 Å². The number of hydrogen-bond donors (Lipinski definition) is 1. The molecule has 31 heavy (non-hydrogen) atoms. The van der Waals surface area contributed by atoms with Crippen LogP contribution in [-0.2, 0) is 9.59 Å². The standard InChI is InChI=1S/C23H21BrN2O4S/c1-3-4-22(28)30-19-11-5-15(13-20(19)29-2)6-12-21(27)26-23-25-18(14-31-23)16-7-9-17(24)10-8-16/h5-14H,3-4H2,1-2H3,(H,25,26,27)/b12-6+.